The lowest BCUT2D eigenvalue weighted by atomic mass is 9.88. The van der Waals surface area contributed by atoms with Crippen LogP contribution in [-0.4, -0.2) is 40.8 Å². The van der Waals surface area contributed by atoms with E-state index in [4.69, 9.17) is 10.5 Å². The molecule has 5 nitrogen and oxygen atoms in total. The minimum atomic E-state index is -0.386. The quantitative estimate of drug-likeness (QED) is 0.909. The largest absolute Gasteiger partial charge is 0.493 e. The summed E-state index contributed by atoms with van der Waals surface area (Å²) in [5.41, 5.74) is 6.22. The fraction of sp³-hybridized carbons (Fsp3) is 0.588. The van der Waals surface area contributed by atoms with Crippen LogP contribution in [0.25, 0.3) is 10.9 Å². The van der Waals surface area contributed by atoms with Gasteiger partial charge in [0, 0.05) is 18.2 Å². The Balaban J connectivity index is 1.34. The van der Waals surface area contributed by atoms with Gasteiger partial charge < -0.3 is 15.4 Å². The van der Waals surface area contributed by atoms with Gasteiger partial charge in [-0.3, -0.25) is 5.10 Å². The van der Waals surface area contributed by atoms with Gasteiger partial charge in [-0.1, -0.05) is 6.42 Å². The van der Waals surface area contributed by atoms with E-state index in [2.05, 4.69) is 15.1 Å². The Hall–Kier alpha value is -1.82. The second-order valence-electron chi connectivity index (χ2n) is 6.81. The SMILES string of the molecule is Nc1n[nH]c2cc(OCC3CCN(C4CCC4)CC3)cc(F)c12. The van der Waals surface area contributed by atoms with Gasteiger partial charge in [-0.15, -0.1) is 0 Å². The number of nitrogen functional groups attached to an aromatic ring is 1. The highest BCUT2D eigenvalue weighted by atomic mass is 19.1. The lowest BCUT2D eigenvalue weighted by molar-refractivity contribution is 0.0708. The number of aromatic amines is 1. The fourth-order valence-corrected chi connectivity index (χ4v) is 3.64. The van der Waals surface area contributed by atoms with Crippen LogP contribution in [0.4, 0.5) is 10.2 Å². The van der Waals surface area contributed by atoms with E-state index in [1.807, 2.05) is 0 Å². The zero-order chi connectivity index (χ0) is 15.8. The molecule has 0 bridgehead atoms. The average Bonchev–Trinajstić information content (AvgIpc) is 2.87. The Morgan fingerprint density at radius 2 is 2.04 bits per heavy atom. The third-order valence-corrected chi connectivity index (χ3v) is 5.34. The van der Waals surface area contributed by atoms with Gasteiger partial charge in [0.2, 0.25) is 0 Å². The normalized spacial score (nSPS) is 20.7. The van der Waals surface area contributed by atoms with Crippen molar-refractivity contribution in [1.82, 2.24) is 15.1 Å². The first-order valence-electron chi connectivity index (χ1n) is 8.50. The van der Waals surface area contributed by atoms with Crippen molar-refractivity contribution in [2.75, 3.05) is 25.4 Å². The number of ether oxygens (including phenoxy) is 1. The molecule has 2 aliphatic rings. The van der Waals surface area contributed by atoms with E-state index in [1.54, 1.807) is 6.07 Å². The predicted molar refractivity (Wildman–Crippen MR) is 87.9 cm³/mol. The van der Waals surface area contributed by atoms with Crippen LogP contribution in [0.3, 0.4) is 0 Å². The van der Waals surface area contributed by atoms with E-state index >= 15 is 0 Å². The third kappa shape index (κ3) is 2.87. The van der Waals surface area contributed by atoms with E-state index < -0.39 is 0 Å². The van der Waals surface area contributed by atoms with Crippen molar-refractivity contribution in [3.63, 3.8) is 0 Å². The molecule has 1 aliphatic carbocycles. The molecule has 0 amide bonds. The Kier molecular flexibility index (Phi) is 3.85. The molecule has 0 atom stereocenters. The van der Waals surface area contributed by atoms with Gasteiger partial charge in [0.05, 0.1) is 17.5 Å². The van der Waals surface area contributed by atoms with Crippen LogP contribution in [0.15, 0.2) is 12.1 Å². The molecule has 23 heavy (non-hydrogen) atoms. The molecule has 3 N–H and O–H groups in total. The Morgan fingerprint density at radius 3 is 2.74 bits per heavy atom. The summed E-state index contributed by atoms with van der Waals surface area (Å²) in [6.07, 6.45) is 6.46. The van der Waals surface area contributed by atoms with Crippen molar-refractivity contribution in [3.8, 4) is 5.75 Å². The van der Waals surface area contributed by atoms with Crippen LogP contribution in [0, 0.1) is 11.7 Å². The number of nitrogens with one attached hydrogen (secondary N) is 1. The van der Waals surface area contributed by atoms with Gasteiger partial charge in [0.15, 0.2) is 5.82 Å². The van der Waals surface area contributed by atoms with Crippen LogP contribution in [0.5, 0.6) is 5.75 Å². The topological polar surface area (TPSA) is 67.2 Å². The zero-order valence-electron chi connectivity index (χ0n) is 13.2. The number of piperidine rings is 1. The van der Waals surface area contributed by atoms with Crippen molar-refractivity contribution in [3.05, 3.63) is 17.9 Å². The smallest absolute Gasteiger partial charge is 0.156 e. The van der Waals surface area contributed by atoms with E-state index in [-0.39, 0.29) is 11.6 Å². The first-order chi connectivity index (χ1) is 11.2. The van der Waals surface area contributed by atoms with Crippen LogP contribution < -0.4 is 10.5 Å². The number of likely N-dealkylation sites (tertiary alicyclic amines) is 1. The number of hydrogen-bond acceptors (Lipinski definition) is 4. The minimum absolute atomic E-state index is 0.187. The fourth-order valence-electron chi connectivity index (χ4n) is 3.64. The van der Waals surface area contributed by atoms with Crippen LogP contribution in [0.1, 0.15) is 32.1 Å². The lowest BCUT2D eigenvalue weighted by Crippen LogP contribution is -2.45. The summed E-state index contributed by atoms with van der Waals surface area (Å²) >= 11 is 0. The summed E-state index contributed by atoms with van der Waals surface area (Å²) in [6.45, 7) is 2.99. The summed E-state index contributed by atoms with van der Waals surface area (Å²) in [7, 11) is 0. The van der Waals surface area contributed by atoms with E-state index in [0.717, 1.165) is 18.9 Å². The lowest BCUT2D eigenvalue weighted by Gasteiger charge is -2.41. The molecule has 1 aromatic heterocycles. The highest BCUT2D eigenvalue weighted by Crippen LogP contribution is 2.30. The highest BCUT2D eigenvalue weighted by molar-refractivity contribution is 5.90. The maximum Gasteiger partial charge on any atom is 0.156 e. The molecule has 124 valence electrons. The summed E-state index contributed by atoms with van der Waals surface area (Å²) in [5.74, 6) is 0.896. The number of halogens is 1. The number of nitrogens with two attached hydrogens (primary N) is 1. The average molecular weight is 318 g/mol. The van der Waals surface area contributed by atoms with Crippen molar-refractivity contribution in [2.24, 2.45) is 5.92 Å². The maximum atomic E-state index is 14.1. The summed E-state index contributed by atoms with van der Waals surface area (Å²) < 4.78 is 19.9. The van der Waals surface area contributed by atoms with Crippen LogP contribution in [-0.2, 0) is 0 Å². The maximum absolute atomic E-state index is 14.1. The number of aromatic nitrogens is 2. The molecule has 2 fully saturated rings. The molecule has 1 saturated carbocycles. The van der Waals surface area contributed by atoms with E-state index in [0.29, 0.717) is 29.2 Å². The molecule has 1 aliphatic heterocycles. The predicted octanol–water partition coefficient (Wildman–Crippen LogP) is 2.93. The van der Waals surface area contributed by atoms with Crippen molar-refractivity contribution < 1.29 is 9.13 Å². The molecule has 1 saturated heterocycles. The second-order valence-corrected chi connectivity index (χ2v) is 6.81. The molecule has 0 unspecified atom stereocenters. The monoisotopic (exact) mass is 318 g/mol. The summed E-state index contributed by atoms with van der Waals surface area (Å²) in [4.78, 5) is 2.62. The number of hydrogen-bond donors (Lipinski definition) is 2. The molecule has 0 spiro atoms. The highest BCUT2D eigenvalue weighted by Gasteiger charge is 2.28. The second kappa shape index (κ2) is 6.00. The van der Waals surface area contributed by atoms with Gasteiger partial charge in [-0.2, -0.15) is 5.10 Å². The standard InChI is InChI=1S/C17H23FN4O/c18-14-8-13(9-15-16(14)17(19)21-20-15)23-10-11-4-6-22(7-5-11)12-2-1-3-12/h8-9,11-12H,1-7,10H2,(H3,19,20,21). The van der Waals surface area contributed by atoms with Crippen molar-refractivity contribution in [2.45, 2.75) is 38.1 Å². The summed E-state index contributed by atoms with van der Waals surface area (Å²) in [6, 6.07) is 4.00. The Bertz CT molecular complexity index is 689. The first-order valence-corrected chi connectivity index (χ1v) is 8.50. The number of nitrogens with zero attached hydrogens (tertiary/aromatic N) is 2. The Morgan fingerprint density at radius 1 is 1.26 bits per heavy atom. The molecule has 2 aromatic rings. The van der Waals surface area contributed by atoms with Crippen molar-refractivity contribution in [1.29, 1.82) is 0 Å². The van der Waals surface area contributed by atoms with Gasteiger partial charge in [-0.25, -0.2) is 4.39 Å². The number of benzene rings is 1. The number of rotatable bonds is 4. The molecule has 0 radical (unpaired) electrons. The first kappa shape index (κ1) is 14.8. The zero-order valence-corrected chi connectivity index (χ0v) is 13.2. The molecule has 4 rings (SSSR count). The third-order valence-electron chi connectivity index (χ3n) is 5.34. The number of fused-ring (bicyclic) bond motifs is 1. The number of H-pyrrole nitrogens is 1. The summed E-state index contributed by atoms with van der Waals surface area (Å²) in [5, 5.41) is 6.91. The van der Waals surface area contributed by atoms with Gasteiger partial charge >= 0.3 is 0 Å². The Labute approximate surface area is 135 Å². The molecular weight excluding hydrogens is 295 g/mol. The molecular formula is C17H23FN4O. The van der Waals surface area contributed by atoms with Gasteiger partial charge in [0.1, 0.15) is 11.6 Å². The molecule has 6 heteroatoms. The van der Waals surface area contributed by atoms with Gasteiger partial charge in [0.25, 0.3) is 0 Å². The minimum Gasteiger partial charge on any atom is -0.493 e. The molecule has 1 aromatic carbocycles. The number of anilines is 1. The van der Waals surface area contributed by atoms with Crippen LogP contribution in [0.2, 0.25) is 0 Å². The van der Waals surface area contributed by atoms with E-state index in [9.17, 15) is 4.39 Å². The van der Waals surface area contributed by atoms with Crippen LogP contribution >= 0.6 is 0 Å². The van der Waals surface area contributed by atoms with Crippen molar-refractivity contribution >= 4 is 16.7 Å². The van der Waals surface area contributed by atoms with Gasteiger partial charge in [-0.05, 0) is 44.7 Å². The van der Waals surface area contributed by atoms with E-state index in [1.165, 1.54) is 38.4 Å². The molecule has 2 heterocycles.